The Morgan fingerprint density at radius 1 is 1.17 bits per heavy atom. The lowest BCUT2D eigenvalue weighted by Gasteiger charge is -2.07. The third kappa shape index (κ3) is 4.02. The topological polar surface area (TPSA) is 78.8 Å². The lowest BCUT2D eigenvalue weighted by molar-refractivity contribution is 0.414. The summed E-state index contributed by atoms with van der Waals surface area (Å²) in [6.07, 6.45) is 1.71. The number of aromatic nitrogens is 1. The molecule has 3 rings (SSSR count). The number of methoxy groups -OCH3 is 1. The SMILES string of the molecule is COc1ccc(Br)cc1C=c1sc(=C(C#N)C#N)n(-c2ccc(C)cc2C)c1=O. The zero-order valence-electron chi connectivity index (χ0n) is 16.0. The van der Waals surface area contributed by atoms with Gasteiger partial charge in [0.25, 0.3) is 5.56 Å². The normalized spacial score (nSPS) is 11.0. The maximum atomic E-state index is 13.3. The van der Waals surface area contributed by atoms with E-state index in [-0.39, 0.29) is 11.1 Å². The number of halogens is 1. The summed E-state index contributed by atoms with van der Waals surface area (Å²) in [6, 6.07) is 15.0. The number of nitrogens with zero attached hydrogens (tertiary/aromatic N) is 3. The van der Waals surface area contributed by atoms with Gasteiger partial charge >= 0.3 is 0 Å². The van der Waals surface area contributed by atoms with E-state index in [1.807, 2.05) is 56.3 Å². The first-order valence-corrected chi connectivity index (χ1v) is 10.2. The summed E-state index contributed by atoms with van der Waals surface area (Å²) in [5, 5.41) is 18.8. The van der Waals surface area contributed by atoms with Crippen molar-refractivity contribution in [2.24, 2.45) is 0 Å². The van der Waals surface area contributed by atoms with Crippen molar-refractivity contribution < 1.29 is 4.74 Å². The third-order valence-corrected chi connectivity index (χ3v) is 5.92. The summed E-state index contributed by atoms with van der Waals surface area (Å²) >= 11 is 4.54. The van der Waals surface area contributed by atoms with Gasteiger partial charge in [-0.3, -0.25) is 9.36 Å². The summed E-state index contributed by atoms with van der Waals surface area (Å²) < 4.78 is 8.39. The standard InChI is InChI=1S/C22H16BrN3O2S/c1-13-4-6-18(14(2)8-13)26-21(27)20(29-22(26)16(11-24)12-25)10-15-9-17(23)5-7-19(15)28-3/h4-10H,1-3H3. The zero-order valence-corrected chi connectivity index (χ0v) is 18.4. The van der Waals surface area contributed by atoms with Crippen molar-refractivity contribution >= 4 is 38.9 Å². The summed E-state index contributed by atoms with van der Waals surface area (Å²) in [5.74, 6) is 0.616. The smallest absolute Gasteiger partial charge is 0.273 e. The lowest BCUT2D eigenvalue weighted by Crippen LogP contribution is -2.31. The molecule has 0 radical (unpaired) electrons. The summed E-state index contributed by atoms with van der Waals surface area (Å²) in [5.41, 5.74) is 2.92. The molecule has 0 saturated carbocycles. The van der Waals surface area contributed by atoms with Gasteiger partial charge in [0.2, 0.25) is 0 Å². The molecular formula is C22H16BrN3O2S. The molecule has 1 heterocycles. The molecule has 29 heavy (non-hydrogen) atoms. The van der Waals surface area contributed by atoms with Crippen LogP contribution in [0.4, 0.5) is 0 Å². The van der Waals surface area contributed by atoms with E-state index in [0.717, 1.165) is 32.5 Å². The number of benzene rings is 2. The van der Waals surface area contributed by atoms with Crippen molar-refractivity contribution in [3.63, 3.8) is 0 Å². The Morgan fingerprint density at radius 3 is 2.52 bits per heavy atom. The second kappa shape index (κ2) is 8.48. The highest BCUT2D eigenvalue weighted by Crippen LogP contribution is 2.23. The monoisotopic (exact) mass is 465 g/mol. The van der Waals surface area contributed by atoms with Crippen LogP contribution in [-0.4, -0.2) is 11.7 Å². The highest BCUT2D eigenvalue weighted by molar-refractivity contribution is 9.10. The van der Waals surface area contributed by atoms with E-state index in [9.17, 15) is 15.3 Å². The molecule has 7 heteroatoms. The number of nitriles is 2. The Morgan fingerprint density at radius 2 is 1.90 bits per heavy atom. The molecule has 0 aliphatic rings. The molecule has 0 N–H and O–H groups in total. The molecule has 1 aromatic heterocycles. The lowest BCUT2D eigenvalue weighted by atomic mass is 10.1. The number of thiazole rings is 1. The van der Waals surface area contributed by atoms with Crippen LogP contribution in [0.15, 0.2) is 45.7 Å². The number of rotatable bonds is 3. The van der Waals surface area contributed by atoms with Gasteiger partial charge in [0.1, 0.15) is 22.6 Å². The molecule has 0 amide bonds. The van der Waals surface area contributed by atoms with Crippen LogP contribution < -0.4 is 19.5 Å². The van der Waals surface area contributed by atoms with Gasteiger partial charge in [-0.15, -0.1) is 11.3 Å². The van der Waals surface area contributed by atoms with Crippen molar-refractivity contribution in [3.8, 4) is 23.6 Å². The molecule has 0 aliphatic carbocycles. The van der Waals surface area contributed by atoms with E-state index in [0.29, 0.717) is 20.6 Å². The molecule has 2 aromatic carbocycles. The minimum absolute atomic E-state index is 0.104. The predicted octanol–water partition coefficient (Wildman–Crippen LogP) is 3.31. The van der Waals surface area contributed by atoms with Gasteiger partial charge in [0, 0.05) is 10.0 Å². The number of hydrogen-bond acceptors (Lipinski definition) is 5. The van der Waals surface area contributed by atoms with Gasteiger partial charge in [-0.05, 0) is 49.8 Å². The van der Waals surface area contributed by atoms with E-state index < -0.39 is 0 Å². The minimum atomic E-state index is -0.290. The van der Waals surface area contributed by atoms with Crippen molar-refractivity contribution in [1.29, 1.82) is 10.5 Å². The van der Waals surface area contributed by atoms with Crippen LogP contribution in [0, 0.1) is 36.5 Å². The molecule has 0 bridgehead atoms. The largest absolute Gasteiger partial charge is 0.496 e. The van der Waals surface area contributed by atoms with Crippen molar-refractivity contribution in [3.05, 3.63) is 77.1 Å². The fourth-order valence-corrected chi connectivity index (χ4v) is 4.42. The van der Waals surface area contributed by atoms with Crippen LogP contribution in [0.2, 0.25) is 0 Å². The van der Waals surface area contributed by atoms with Crippen LogP contribution in [0.1, 0.15) is 16.7 Å². The predicted molar refractivity (Wildman–Crippen MR) is 118 cm³/mol. The number of ether oxygens (including phenoxy) is 1. The molecule has 144 valence electrons. The molecule has 0 unspecified atom stereocenters. The average molecular weight is 466 g/mol. The highest BCUT2D eigenvalue weighted by atomic mass is 79.9. The van der Waals surface area contributed by atoms with Gasteiger partial charge in [-0.25, -0.2) is 0 Å². The second-order valence-electron chi connectivity index (χ2n) is 6.33. The number of hydrogen-bond donors (Lipinski definition) is 0. The van der Waals surface area contributed by atoms with Gasteiger partial charge in [-0.2, -0.15) is 10.5 Å². The van der Waals surface area contributed by atoms with Crippen molar-refractivity contribution in [2.45, 2.75) is 13.8 Å². The van der Waals surface area contributed by atoms with Gasteiger partial charge in [-0.1, -0.05) is 33.6 Å². The van der Waals surface area contributed by atoms with E-state index in [2.05, 4.69) is 15.9 Å². The first kappa shape index (κ1) is 20.6. The molecule has 5 nitrogen and oxygen atoms in total. The molecule has 0 fully saturated rings. The van der Waals surface area contributed by atoms with Gasteiger partial charge < -0.3 is 4.74 Å². The van der Waals surface area contributed by atoms with Crippen LogP contribution in [0.3, 0.4) is 0 Å². The van der Waals surface area contributed by atoms with Crippen LogP contribution >= 0.6 is 27.3 Å². The highest BCUT2D eigenvalue weighted by Gasteiger charge is 2.13. The molecule has 0 saturated heterocycles. The van der Waals surface area contributed by atoms with Gasteiger partial charge in [0.05, 0.1) is 17.3 Å². The van der Waals surface area contributed by atoms with E-state index in [4.69, 9.17) is 4.74 Å². The molecular weight excluding hydrogens is 450 g/mol. The Hall–Kier alpha value is -3.13. The van der Waals surface area contributed by atoms with Crippen molar-refractivity contribution in [1.82, 2.24) is 4.57 Å². The Balaban J connectivity index is 2.44. The molecule has 3 aromatic rings. The summed E-state index contributed by atoms with van der Waals surface area (Å²) in [4.78, 5) is 13.3. The summed E-state index contributed by atoms with van der Waals surface area (Å²) in [7, 11) is 1.56. The fraction of sp³-hybridized carbons (Fsp3) is 0.136. The Kier molecular flexibility index (Phi) is 6.03. The first-order chi connectivity index (χ1) is 13.9. The van der Waals surface area contributed by atoms with E-state index in [1.165, 1.54) is 4.57 Å². The second-order valence-corrected chi connectivity index (χ2v) is 8.28. The van der Waals surface area contributed by atoms with E-state index >= 15 is 0 Å². The quantitative estimate of drug-likeness (QED) is 0.594. The Labute approximate surface area is 180 Å². The van der Waals surface area contributed by atoms with Gasteiger partial charge in [0.15, 0.2) is 5.57 Å². The Bertz CT molecular complexity index is 1350. The molecule has 0 aliphatic heterocycles. The maximum absolute atomic E-state index is 13.3. The summed E-state index contributed by atoms with van der Waals surface area (Å²) in [6.45, 7) is 3.87. The first-order valence-electron chi connectivity index (χ1n) is 8.59. The minimum Gasteiger partial charge on any atom is -0.496 e. The fourth-order valence-electron chi connectivity index (χ4n) is 3.00. The van der Waals surface area contributed by atoms with Crippen LogP contribution in [0.5, 0.6) is 5.75 Å². The molecule has 0 atom stereocenters. The zero-order chi connectivity index (χ0) is 21.1. The van der Waals surface area contributed by atoms with Crippen LogP contribution in [0.25, 0.3) is 17.3 Å². The van der Waals surface area contributed by atoms with Crippen LogP contribution in [-0.2, 0) is 0 Å². The number of aryl methyl sites for hydroxylation is 2. The molecule has 0 spiro atoms. The maximum Gasteiger partial charge on any atom is 0.273 e. The van der Waals surface area contributed by atoms with E-state index in [1.54, 1.807) is 19.3 Å². The third-order valence-electron chi connectivity index (χ3n) is 4.33. The van der Waals surface area contributed by atoms with Crippen molar-refractivity contribution in [2.75, 3.05) is 7.11 Å². The average Bonchev–Trinajstić information content (AvgIpc) is 2.99.